The minimum Gasteiger partial charge on any atom is -0.368 e. The van der Waals surface area contributed by atoms with Gasteiger partial charge < -0.3 is 9.47 Å². The van der Waals surface area contributed by atoms with Crippen LogP contribution in [-0.4, -0.2) is 47.7 Å². The topological polar surface area (TPSA) is 77.0 Å². The van der Waals surface area contributed by atoms with E-state index in [9.17, 15) is 0 Å². The Labute approximate surface area is 139 Å². The van der Waals surface area contributed by atoms with Gasteiger partial charge in [0.05, 0.1) is 11.4 Å². The van der Waals surface area contributed by atoms with Gasteiger partial charge in [-0.15, -0.1) is 20.4 Å². The molecule has 0 aromatic carbocycles. The van der Waals surface area contributed by atoms with Gasteiger partial charge in [-0.25, -0.2) is 0 Å². The molecule has 4 heterocycles. The Balaban J connectivity index is 1.42. The van der Waals surface area contributed by atoms with E-state index in [1.54, 1.807) is 12.7 Å². The summed E-state index contributed by atoms with van der Waals surface area (Å²) in [5.41, 5.74) is 3.20. The number of hydrogen-bond acceptors (Lipinski definition) is 6. The lowest BCUT2D eigenvalue weighted by Gasteiger charge is -2.33. The molecule has 8 heteroatoms. The van der Waals surface area contributed by atoms with Gasteiger partial charge in [-0.3, -0.25) is 0 Å². The predicted octanol–water partition coefficient (Wildman–Crippen LogP) is 1.51. The van der Waals surface area contributed by atoms with Crippen molar-refractivity contribution in [3.8, 4) is 0 Å². The molecule has 1 aliphatic carbocycles. The van der Waals surface area contributed by atoms with Gasteiger partial charge in [-0.2, -0.15) is 9.61 Å². The molecule has 5 rings (SSSR count). The summed E-state index contributed by atoms with van der Waals surface area (Å²) >= 11 is 0. The highest BCUT2D eigenvalue weighted by atomic mass is 15.4. The fourth-order valence-electron chi connectivity index (χ4n) is 3.68. The van der Waals surface area contributed by atoms with Crippen LogP contribution in [0.5, 0.6) is 0 Å². The Hall–Kier alpha value is -2.51. The van der Waals surface area contributed by atoms with Gasteiger partial charge in [0.2, 0.25) is 5.65 Å². The second-order valence-electron chi connectivity index (χ2n) is 6.89. The van der Waals surface area contributed by atoms with E-state index in [0.29, 0.717) is 11.8 Å². The summed E-state index contributed by atoms with van der Waals surface area (Å²) in [5.74, 6) is 2.19. The third-order valence-electron chi connectivity index (χ3n) is 5.21. The minimum atomic E-state index is 0.479. The van der Waals surface area contributed by atoms with Crippen molar-refractivity contribution in [3.63, 3.8) is 0 Å². The lowest BCUT2D eigenvalue weighted by Crippen LogP contribution is -2.34. The van der Waals surface area contributed by atoms with Crippen molar-refractivity contribution in [2.45, 2.75) is 37.5 Å². The van der Waals surface area contributed by atoms with Crippen LogP contribution in [-0.2, 0) is 7.05 Å². The second kappa shape index (κ2) is 5.25. The number of aryl methyl sites for hydroxylation is 1. The van der Waals surface area contributed by atoms with Crippen LogP contribution < -0.4 is 4.90 Å². The highest BCUT2D eigenvalue weighted by Gasteiger charge is 2.29. The highest BCUT2D eigenvalue weighted by Crippen LogP contribution is 2.41. The van der Waals surface area contributed by atoms with Crippen LogP contribution in [0.2, 0.25) is 0 Å². The average molecular weight is 324 g/mol. The fourth-order valence-corrected chi connectivity index (χ4v) is 3.68. The fraction of sp³-hybridized carbons (Fsp3) is 0.562. The highest BCUT2D eigenvalue weighted by molar-refractivity contribution is 5.68. The summed E-state index contributed by atoms with van der Waals surface area (Å²) in [5, 5.41) is 21.3. The molecule has 3 aromatic rings. The maximum Gasteiger partial charge on any atom is 0.200 e. The smallest absolute Gasteiger partial charge is 0.200 e. The summed E-state index contributed by atoms with van der Waals surface area (Å²) in [6, 6.07) is 2.23. The lowest BCUT2D eigenvalue weighted by molar-refractivity contribution is 0.474. The predicted molar refractivity (Wildman–Crippen MR) is 87.9 cm³/mol. The van der Waals surface area contributed by atoms with Gasteiger partial charge in [-0.1, -0.05) is 0 Å². The summed E-state index contributed by atoms with van der Waals surface area (Å²) < 4.78 is 3.87. The molecule has 0 unspecified atom stereocenters. The van der Waals surface area contributed by atoms with E-state index in [-0.39, 0.29) is 0 Å². The van der Waals surface area contributed by atoms with E-state index in [1.165, 1.54) is 24.2 Å². The molecule has 0 spiro atoms. The third kappa shape index (κ3) is 2.24. The average Bonchev–Trinajstić information content (AvgIpc) is 3.20. The summed E-state index contributed by atoms with van der Waals surface area (Å²) in [6.07, 6.45) is 8.13. The van der Waals surface area contributed by atoms with E-state index >= 15 is 0 Å². The molecule has 0 radical (unpaired) electrons. The van der Waals surface area contributed by atoms with Crippen molar-refractivity contribution in [1.29, 1.82) is 0 Å². The molecule has 2 fully saturated rings. The number of nitrogens with zero attached hydrogens (tertiary/aromatic N) is 8. The number of piperidine rings is 1. The molecule has 0 amide bonds. The summed E-state index contributed by atoms with van der Waals surface area (Å²) in [4.78, 5) is 2.42. The molecular weight excluding hydrogens is 304 g/mol. The van der Waals surface area contributed by atoms with Gasteiger partial charge in [-0.05, 0) is 31.7 Å². The molecule has 1 aliphatic heterocycles. The zero-order chi connectivity index (χ0) is 16.1. The van der Waals surface area contributed by atoms with Crippen LogP contribution in [0.3, 0.4) is 0 Å². The molecular formula is C16H20N8. The van der Waals surface area contributed by atoms with Crippen molar-refractivity contribution in [1.82, 2.24) is 34.6 Å². The maximum absolute atomic E-state index is 4.66. The Kier molecular flexibility index (Phi) is 3.04. The van der Waals surface area contributed by atoms with E-state index in [4.69, 9.17) is 0 Å². The monoisotopic (exact) mass is 324 g/mol. The van der Waals surface area contributed by atoms with Crippen LogP contribution in [0.15, 0.2) is 18.7 Å². The quantitative estimate of drug-likeness (QED) is 0.727. The zero-order valence-electron chi connectivity index (χ0n) is 13.7. The van der Waals surface area contributed by atoms with E-state index in [1.807, 2.05) is 16.1 Å². The molecule has 3 aromatic heterocycles. The summed E-state index contributed by atoms with van der Waals surface area (Å²) in [7, 11) is 2.02. The molecule has 1 saturated heterocycles. The van der Waals surface area contributed by atoms with Crippen LogP contribution in [0, 0.1) is 0 Å². The molecule has 8 nitrogen and oxygen atoms in total. The maximum atomic E-state index is 4.66. The van der Waals surface area contributed by atoms with E-state index in [0.717, 1.165) is 37.4 Å². The van der Waals surface area contributed by atoms with Crippen LogP contribution in [0.4, 0.5) is 5.69 Å². The standard InChI is InChI=1S/C16H20N8/c1-22-9-17-19-15(22)12-4-6-23(7-5-12)14-8-13(11-2-3-11)21-24-10-18-20-16(14)24/h8-12H,2-7H2,1H3. The Morgan fingerprint density at radius 3 is 2.46 bits per heavy atom. The number of aromatic nitrogens is 7. The van der Waals surface area contributed by atoms with E-state index in [2.05, 4.69) is 36.5 Å². The van der Waals surface area contributed by atoms with Gasteiger partial charge in [0.1, 0.15) is 18.5 Å². The first-order chi connectivity index (χ1) is 11.8. The van der Waals surface area contributed by atoms with Crippen molar-refractivity contribution in [3.05, 3.63) is 30.2 Å². The van der Waals surface area contributed by atoms with Crippen molar-refractivity contribution >= 4 is 11.3 Å². The first-order valence-electron chi connectivity index (χ1n) is 8.59. The van der Waals surface area contributed by atoms with E-state index < -0.39 is 0 Å². The molecule has 0 N–H and O–H groups in total. The zero-order valence-corrected chi connectivity index (χ0v) is 13.7. The van der Waals surface area contributed by atoms with Crippen LogP contribution >= 0.6 is 0 Å². The largest absolute Gasteiger partial charge is 0.368 e. The van der Waals surface area contributed by atoms with Crippen molar-refractivity contribution < 1.29 is 0 Å². The van der Waals surface area contributed by atoms with Gasteiger partial charge in [0.15, 0.2) is 0 Å². The van der Waals surface area contributed by atoms with Gasteiger partial charge >= 0.3 is 0 Å². The molecule has 2 aliphatic rings. The minimum absolute atomic E-state index is 0.479. The molecule has 1 saturated carbocycles. The van der Waals surface area contributed by atoms with Gasteiger partial charge in [0.25, 0.3) is 0 Å². The van der Waals surface area contributed by atoms with Crippen molar-refractivity contribution in [2.75, 3.05) is 18.0 Å². The first kappa shape index (κ1) is 13.9. The lowest BCUT2D eigenvalue weighted by atomic mass is 9.95. The third-order valence-corrected chi connectivity index (χ3v) is 5.21. The molecule has 0 bridgehead atoms. The second-order valence-corrected chi connectivity index (χ2v) is 6.89. The normalized spacial score (nSPS) is 19.3. The molecule has 124 valence electrons. The molecule has 0 atom stereocenters. The SMILES string of the molecule is Cn1cnnc1C1CCN(c2cc(C3CC3)nn3cnnc23)CC1. The molecule has 24 heavy (non-hydrogen) atoms. The number of rotatable bonds is 3. The summed E-state index contributed by atoms with van der Waals surface area (Å²) in [6.45, 7) is 1.99. The Morgan fingerprint density at radius 1 is 0.958 bits per heavy atom. The number of anilines is 1. The van der Waals surface area contributed by atoms with Crippen molar-refractivity contribution in [2.24, 2.45) is 7.05 Å². The number of fused-ring (bicyclic) bond motifs is 1. The van der Waals surface area contributed by atoms with Crippen LogP contribution in [0.25, 0.3) is 5.65 Å². The van der Waals surface area contributed by atoms with Crippen LogP contribution in [0.1, 0.15) is 49.0 Å². The van der Waals surface area contributed by atoms with Gasteiger partial charge in [0, 0.05) is 32.0 Å². The Morgan fingerprint density at radius 2 is 1.75 bits per heavy atom. The number of hydrogen-bond donors (Lipinski definition) is 0. The first-order valence-corrected chi connectivity index (χ1v) is 8.59. The Bertz CT molecular complexity index is 869.